The molecule has 2 rings (SSSR count). The number of hydrogen-bond acceptors (Lipinski definition) is 4. The normalized spacial score (nSPS) is 10.2. The molecule has 0 atom stereocenters. The average molecular weight is 231 g/mol. The summed E-state index contributed by atoms with van der Waals surface area (Å²) in [5.41, 5.74) is 7.77. The Morgan fingerprint density at radius 2 is 2.35 bits per heavy atom. The van der Waals surface area contributed by atoms with Crippen LogP contribution in [0.4, 0.5) is 5.69 Å². The summed E-state index contributed by atoms with van der Waals surface area (Å²) in [7, 11) is 0. The predicted molar refractivity (Wildman–Crippen MR) is 63.1 cm³/mol. The van der Waals surface area contributed by atoms with E-state index in [-0.39, 0.29) is 11.6 Å². The molecule has 88 valence electrons. The predicted octanol–water partition coefficient (Wildman–Crippen LogP) is 0.625. The van der Waals surface area contributed by atoms with Crippen molar-refractivity contribution in [1.29, 1.82) is 0 Å². The summed E-state index contributed by atoms with van der Waals surface area (Å²) >= 11 is 0. The Hall–Kier alpha value is -2.37. The van der Waals surface area contributed by atoms with Gasteiger partial charge in [0.05, 0.1) is 23.6 Å². The minimum absolute atomic E-state index is 0.221. The third kappa shape index (κ3) is 2.41. The van der Waals surface area contributed by atoms with E-state index < -0.39 is 0 Å². The van der Waals surface area contributed by atoms with Gasteiger partial charge in [0.2, 0.25) is 0 Å². The summed E-state index contributed by atoms with van der Waals surface area (Å²) in [6, 6.07) is 5.52. The monoisotopic (exact) mass is 231 g/mol. The molecule has 0 unspecified atom stereocenters. The highest BCUT2D eigenvalue weighted by molar-refractivity contribution is 5.97. The van der Waals surface area contributed by atoms with Crippen LogP contribution in [0.15, 0.2) is 24.4 Å². The van der Waals surface area contributed by atoms with Gasteiger partial charge in [0.15, 0.2) is 5.69 Å². The van der Waals surface area contributed by atoms with Crippen LogP contribution in [0.3, 0.4) is 0 Å². The molecular weight excluding hydrogens is 218 g/mol. The number of nitrogen functional groups attached to an aromatic ring is 1. The number of anilines is 1. The van der Waals surface area contributed by atoms with E-state index in [4.69, 9.17) is 5.73 Å². The molecular formula is C11H13N5O. The smallest absolute Gasteiger partial charge is 0.274 e. The molecule has 2 heterocycles. The van der Waals surface area contributed by atoms with E-state index >= 15 is 0 Å². The van der Waals surface area contributed by atoms with Crippen LogP contribution >= 0.6 is 0 Å². The maximum Gasteiger partial charge on any atom is 0.274 e. The standard InChI is InChI=1S/C11H13N5O/c1-7-9(12)10(16-15-7)11(17)14-6-8-4-2-3-5-13-8/h2-5H,6,12H2,1H3,(H,14,17)(H,15,16). The topological polar surface area (TPSA) is 96.7 Å². The van der Waals surface area contributed by atoms with Gasteiger partial charge in [-0.25, -0.2) is 0 Å². The zero-order valence-corrected chi connectivity index (χ0v) is 9.40. The van der Waals surface area contributed by atoms with Crippen molar-refractivity contribution in [2.24, 2.45) is 0 Å². The fraction of sp³-hybridized carbons (Fsp3) is 0.182. The highest BCUT2D eigenvalue weighted by Crippen LogP contribution is 2.11. The Balaban J connectivity index is 2.01. The van der Waals surface area contributed by atoms with E-state index in [9.17, 15) is 4.79 Å². The van der Waals surface area contributed by atoms with Gasteiger partial charge < -0.3 is 11.1 Å². The van der Waals surface area contributed by atoms with Gasteiger partial charge >= 0.3 is 0 Å². The van der Waals surface area contributed by atoms with Crippen molar-refractivity contribution < 1.29 is 4.79 Å². The van der Waals surface area contributed by atoms with E-state index in [0.29, 0.717) is 17.9 Å². The molecule has 0 aliphatic carbocycles. The highest BCUT2D eigenvalue weighted by Gasteiger charge is 2.14. The summed E-state index contributed by atoms with van der Waals surface area (Å²) in [5, 5.41) is 9.22. The minimum atomic E-state index is -0.308. The number of nitrogens with one attached hydrogen (secondary N) is 2. The molecule has 17 heavy (non-hydrogen) atoms. The molecule has 0 aromatic carbocycles. The summed E-state index contributed by atoms with van der Waals surface area (Å²) in [5.74, 6) is -0.308. The van der Waals surface area contributed by atoms with Gasteiger partial charge in [-0.05, 0) is 19.1 Å². The van der Waals surface area contributed by atoms with E-state index in [0.717, 1.165) is 5.69 Å². The second kappa shape index (κ2) is 4.65. The van der Waals surface area contributed by atoms with Crippen LogP contribution < -0.4 is 11.1 Å². The lowest BCUT2D eigenvalue weighted by atomic mass is 10.3. The molecule has 4 N–H and O–H groups in total. The first-order valence-electron chi connectivity index (χ1n) is 5.17. The van der Waals surface area contributed by atoms with Gasteiger partial charge in [-0.2, -0.15) is 5.10 Å². The molecule has 1 amide bonds. The molecule has 6 heteroatoms. The van der Waals surface area contributed by atoms with Gasteiger partial charge in [-0.1, -0.05) is 6.07 Å². The summed E-state index contributed by atoms with van der Waals surface area (Å²) in [6.07, 6.45) is 1.68. The fourth-order valence-corrected chi connectivity index (χ4v) is 1.37. The van der Waals surface area contributed by atoms with E-state index in [2.05, 4.69) is 20.5 Å². The van der Waals surface area contributed by atoms with Crippen molar-refractivity contribution in [2.45, 2.75) is 13.5 Å². The number of nitrogens with zero attached hydrogens (tertiary/aromatic N) is 2. The number of aromatic amines is 1. The Morgan fingerprint density at radius 3 is 2.94 bits per heavy atom. The summed E-state index contributed by atoms with van der Waals surface area (Å²) < 4.78 is 0. The second-order valence-electron chi connectivity index (χ2n) is 3.61. The lowest BCUT2D eigenvalue weighted by molar-refractivity contribution is 0.0946. The summed E-state index contributed by atoms with van der Waals surface area (Å²) in [4.78, 5) is 15.8. The zero-order valence-electron chi connectivity index (χ0n) is 9.40. The molecule has 6 nitrogen and oxygen atoms in total. The average Bonchev–Trinajstić information content (AvgIpc) is 2.69. The first kappa shape index (κ1) is 11.1. The summed E-state index contributed by atoms with van der Waals surface area (Å²) in [6.45, 7) is 2.11. The largest absolute Gasteiger partial charge is 0.395 e. The first-order chi connectivity index (χ1) is 8.18. The van der Waals surface area contributed by atoms with Gasteiger partial charge in [-0.15, -0.1) is 0 Å². The lowest BCUT2D eigenvalue weighted by Gasteiger charge is -2.02. The Kier molecular flexibility index (Phi) is 3.04. The highest BCUT2D eigenvalue weighted by atomic mass is 16.1. The number of aryl methyl sites for hydroxylation is 1. The third-order valence-electron chi connectivity index (χ3n) is 2.37. The minimum Gasteiger partial charge on any atom is -0.395 e. The SMILES string of the molecule is Cc1[nH]nc(C(=O)NCc2ccccn2)c1N. The number of H-pyrrole nitrogens is 1. The zero-order chi connectivity index (χ0) is 12.3. The van der Waals surface area contributed by atoms with Crippen LogP contribution in [0, 0.1) is 6.92 Å². The number of carbonyl (C=O) groups is 1. The van der Waals surface area contributed by atoms with E-state index in [1.54, 1.807) is 13.1 Å². The molecule has 0 saturated carbocycles. The van der Waals surface area contributed by atoms with Gasteiger partial charge in [0.1, 0.15) is 0 Å². The number of amides is 1. The van der Waals surface area contributed by atoms with Crippen molar-refractivity contribution in [2.75, 3.05) is 5.73 Å². The van der Waals surface area contributed by atoms with Crippen molar-refractivity contribution in [3.63, 3.8) is 0 Å². The van der Waals surface area contributed by atoms with Crippen molar-refractivity contribution in [3.8, 4) is 0 Å². The van der Waals surface area contributed by atoms with Crippen LogP contribution in [0.2, 0.25) is 0 Å². The Labute approximate surface area is 98.3 Å². The maximum atomic E-state index is 11.8. The maximum absolute atomic E-state index is 11.8. The number of aromatic nitrogens is 3. The number of rotatable bonds is 3. The van der Waals surface area contributed by atoms with Crippen LogP contribution in [0.5, 0.6) is 0 Å². The molecule has 0 aliphatic heterocycles. The molecule has 2 aromatic rings. The quantitative estimate of drug-likeness (QED) is 0.721. The molecule has 0 aliphatic rings. The number of pyridine rings is 1. The van der Waals surface area contributed by atoms with E-state index in [1.807, 2.05) is 18.2 Å². The fourth-order valence-electron chi connectivity index (χ4n) is 1.37. The van der Waals surface area contributed by atoms with Gasteiger partial charge in [0, 0.05) is 6.20 Å². The molecule has 0 fully saturated rings. The first-order valence-corrected chi connectivity index (χ1v) is 5.17. The number of carbonyl (C=O) groups excluding carboxylic acids is 1. The van der Waals surface area contributed by atoms with Gasteiger partial charge in [-0.3, -0.25) is 14.9 Å². The van der Waals surface area contributed by atoms with Crippen LogP contribution in [-0.2, 0) is 6.54 Å². The number of nitrogens with two attached hydrogens (primary N) is 1. The van der Waals surface area contributed by atoms with Crippen LogP contribution in [0.25, 0.3) is 0 Å². The Morgan fingerprint density at radius 1 is 1.53 bits per heavy atom. The number of hydrogen-bond donors (Lipinski definition) is 3. The third-order valence-corrected chi connectivity index (χ3v) is 2.37. The Bertz CT molecular complexity index is 520. The molecule has 0 radical (unpaired) electrons. The lowest BCUT2D eigenvalue weighted by Crippen LogP contribution is -2.24. The van der Waals surface area contributed by atoms with Gasteiger partial charge in [0.25, 0.3) is 5.91 Å². The van der Waals surface area contributed by atoms with Crippen molar-refractivity contribution in [1.82, 2.24) is 20.5 Å². The van der Waals surface area contributed by atoms with Crippen LogP contribution in [0.1, 0.15) is 21.9 Å². The van der Waals surface area contributed by atoms with E-state index in [1.165, 1.54) is 0 Å². The molecule has 0 saturated heterocycles. The molecule has 2 aromatic heterocycles. The molecule has 0 spiro atoms. The van der Waals surface area contributed by atoms with Crippen molar-refractivity contribution >= 4 is 11.6 Å². The van der Waals surface area contributed by atoms with Crippen molar-refractivity contribution in [3.05, 3.63) is 41.5 Å². The van der Waals surface area contributed by atoms with Crippen LogP contribution in [-0.4, -0.2) is 21.1 Å². The molecule has 0 bridgehead atoms. The second-order valence-corrected chi connectivity index (χ2v) is 3.61.